The van der Waals surface area contributed by atoms with Gasteiger partial charge in [0.1, 0.15) is 13.2 Å². The van der Waals surface area contributed by atoms with Crippen molar-refractivity contribution >= 4 is 5.91 Å². The summed E-state index contributed by atoms with van der Waals surface area (Å²) in [6, 6.07) is 7.52. The number of benzene rings is 1. The van der Waals surface area contributed by atoms with Gasteiger partial charge in [0.15, 0.2) is 0 Å². The molecule has 4 nitrogen and oxygen atoms in total. The number of carbonyl (C=O) groups is 1. The lowest BCUT2D eigenvalue weighted by molar-refractivity contribution is -0.127. The molecule has 0 radical (unpaired) electrons. The van der Waals surface area contributed by atoms with Gasteiger partial charge in [0, 0.05) is 12.1 Å². The highest BCUT2D eigenvalue weighted by Gasteiger charge is 2.03. The molecule has 0 bridgehead atoms. The summed E-state index contributed by atoms with van der Waals surface area (Å²) in [6.07, 6.45) is 0.0443. The lowest BCUT2D eigenvalue weighted by Gasteiger charge is -2.08. The second kappa shape index (κ2) is 8.30. The van der Waals surface area contributed by atoms with E-state index in [2.05, 4.69) is 17.2 Å². The highest BCUT2D eigenvalue weighted by atomic mass is 16.5. The first-order valence-corrected chi connectivity index (χ1v) is 6.19. The van der Waals surface area contributed by atoms with Crippen LogP contribution >= 0.6 is 0 Å². The summed E-state index contributed by atoms with van der Waals surface area (Å²) in [5.41, 5.74) is 1.78. The van der Waals surface area contributed by atoms with Gasteiger partial charge < -0.3 is 15.2 Å². The van der Waals surface area contributed by atoms with Crippen molar-refractivity contribution in [3.05, 3.63) is 35.4 Å². The van der Waals surface area contributed by atoms with E-state index >= 15 is 0 Å². The van der Waals surface area contributed by atoms with Crippen molar-refractivity contribution in [1.29, 1.82) is 0 Å². The molecule has 0 fully saturated rings. The highest BCUT2D eigenvalue weighted by Crippen LogP contribution is 2.03. The molecule has 0 spiro atoms. The van der Waals surface area contributed by atoms with Gasteiger partial charge in [-0.3, -0.25) is 4.79 Å². The Morgan fingerprint density at radius 2 is 2.26 bits per heavy atom. The molecule has 0 heterocycles. The van der Waals surface area contributed by atoms with Crippen molar-refractivity contribution in [3.63, 3.8) is 0 Å². The van der Waals surface area contributed by atoms with Crippen molar-refractivity contribution < 1.29 is 14.6 Å². The Bertz CT molecular complexity index is 472. The number of hydrogen-bond donors (Lipinski definition) is 2. The molecule has 19 heavy (non-hydrogen) atoms. The number of hydrogen-bond acceptors (Lipinski definition) is 3. The fraction of sp³-hybridized carbons (Fsp3) is 0.400. The van der Waals surface area contributed by atoms with Crippen LogP contribution in [0, 0.1) is 11.8 Å². The van der Waals surface area contributed by atoms with Crippen LogP contribution in [0.25, 0.3) is 0 Å². The topological polar surface area (TPSA) is 58.6 Å². The van der Waals surface area contributed by atoms with Crippen LogP contribution in [0.2, 0.25) is 0 Å². The van der Waals surface area contributed by atoms with Crippen LogP contribution in [-0.2, 0) is 16.1 Å². The van der Waals surface area contributed by atoms with Gasteiger partial charge in [-0.15, -0.1) is 0 Å². The SMILES string of the molecule is CC(C)OCC(=O)NCc1cccc(C#CCO)c1. The van der Waals surface area contributed by atoms with E-state index in [0.29, 0.717) is 6.54 Å². The third-order valence-electron chi connectivity index (χ3n) is 2.28. The Hall–Kier alpha value is -1.83. The van der Waals surface area contributed by atoms with E-state index in [4.69, 9.17) is 9.84 Å². The molecule has 1 rings (SSSR count). The molecule has 0 aliphatic heterocycles. The van der Waals surface area contributed by atoms with E-state index in [9.17, 15) is 4.79 Å². The molecule has 1 aromatic rings. The van der Waals surface area contributed by atoms with Crippen LogP contribution in [0.3, 0.4) is 0 Å². The van der Waals surface area contributed by atoms with Crippen molar-refractivity contribution in [1.82, 2.24) is 5.32 Å². The summed E-state index contributed by atoms with van der Waals surface area (Å²) in [5.74, 6) is 5.27. The largest absolute Gasteiger partial charge is 0.384 e. The maximum Gasteiger partial charge on any atom is 0.246 e. The van der Waals surface area contributed by atoms with E-state index < -0.39 is 0 Å². The predicted molar refractivity (Wildman–Crippen MR) is 73.3 cm³/mol. The van der Waals surface area contributed by atoms with E-state index in [-0.39, 0.29) is 25.2 Å². The fourth-order valence-electron chi connectivity index (χ4n) is 1.39. The maximum atomic E-state index is 11.5. The molecule has 0 aromatic heterocycles. The minimum atomic E-state index is -0.159. The van der Waals surface area contributed by atoms with Gasteiger partial charge in [-0.05, 0) is 31.5 Å². The quantitative estimate of drug-likeness (QED) is 0.780. The number of nitrogens with one attached hydrogen (secondary N) is 1. The number of amides is 1. The molecule has 0 saturated heterocycles. The monoisotopic (exact) mass is 261 g/mol. The van der Waals surface area contributed by atoms with Crippen LogP contribution in [0.15, 0.2) is 24.3 Å². The molecule has 1 amide bonds. The van der Waals surface area contributed by atoms with E-state index in [0.717, 1.165) is 11.1 Å². The summed E-state index contributed by atoms with van der Waals surface area (Å²) in [7, 11) is 0. The Labute approximate surface area is 113 Å². The van der Waals surface area contributed by atoms with Gasteiger partial charge in [-0.1, -0.05) is 24.0 Å². The molecule has 0 aliphatic carbocycles. The molecule has 4 heteroatoms. The van der Waals surface area contributed by atoms with Crippen LogP contribution < -0.4 is 5.32 Å². The van der Waals surface area contributed by atoms with E-state index in [1.54, 1.807) is 0 Å². The van der Waals surface area contributed by atoms with Gasteiger partial charge >= 0.3 is 0 Å². The lowest BCUT2D eigenvalue weighted by Crippen LogP contribution is -2.28. The smallest absolute Gasteiger partial charge is 0.246 e. The van der Waals surface area contributed by atoms with Gasteiger partial charge in [-0.25, -0.2) is 0 Å². The first-order valence-electron chi connectivity index (χ1n) is 6.19. The Kier molecular flexibility index (Phi) is 6.65. The van der Waals surface area contributed by atoms with Crippen LogP contribution in [0.1, 0.15) is 25.0 Å². The molecule has 0 atom stereocenters. The zero-order chi connectivity index (χ0) is 14.1. The summed E-state index contributed by atoms with van der Waals surface area (Å²) in [6.45, 7) is 4.12. The number of carbonyl (C=O) groups excluding carboxylic acids is 1. The highest BCUT2D eigenvalue weighted by molar-refractivity contribution is 5.77. The minimum Gasteiger partial charge on any atom is -0.384 e. The predicted octanol–water partition coefficient (Wildman–Crippen LogP) is 1.07. The van der Waals surface area contributed by atoms with E-state index in [1.807, 2.05) is 38.1 Å². The average Bonchev–Trinajstić information content (AvgIpc) is 2.41. The molecule has 0 unspecified atom stereocenters. The van der Waals surface area contributed by atoms with Crippen LogP contribution in [-0.4, -0.2) is 30.3 Å². The van der Waals surface area contributed by atoms with Gasteiger partial charge in [-0.2, -0.15) is 0 Å². The molecule has 102 valence electrons. The summed E-state index contributed by atoms with van der Waals surface area (Å²) < 4.78 is 5.21. The number of rotatable bonds is 5. The third-order valence-corrected chi connectivity index (χ3v) is 2.28. The van der Waals surface area contributed by atoms with Crippen LogP contribution in [0.5, 0.6) is 0 Å². The van der Waals surface area contributed by atoms with Gasteiger partial charge in [0.05, 0.1) is 6.10 Å². The molecule has 1 aromatic carbocycles. The van der Waals surface area contributed by atoms with Crippen LogP contribution in [0.4, 0.5) is 0 Å². The molecule has 0 aliphatic rings. The number of aliphatic hydroxyl groups is 1. The fourth-order valence-corrected chi connectivity index (χ4v) is 1.39. The Morgan fingerprint density at radius 1 is 1.47 bits per heavy atom. The molecular weight excluding hydrogens is 242 g/mol. The first-order chi connectivity index (χ1) is 9.11. The third kappa shape index (κ3) is 6.61. The van der Waals surface area contributed by atoms with Gasteiger partial charge in [0.25, 0.3) is 0 Å². The summed E-state index contributed by atoms with van der Waals surface area (Å²) in [5, 5.41) is 11.4. The Balaban J connectivity index is 2.47. The Morgan fingerprint density at radius 3 is 2.95 bits per heavy atom. The molecular formula is C15H19NO3. The van der Waals surface area contributed by atoms with Gasteiger partial charge in [0.2, 0.25) is 5.91 Å². The first kappa shape index (κ1) is 15.2. The standard InChI is InChI=1S/C15H19NO3/c1-12(2)19-11-15(18)16-10-14-6-3-5-13(9-14)7-4-8-17/h3,5-6,9,12,17H,8,10-11H2,1-2H3,(H,16,18). The zero-order valence-corrected chi connectivity index (χ0v) is 11.3. The average molecular weight is 261 g/mol. The normalized spacial score (nSPS) is 9.89. The lowest BCUT2D eigenvalue weighted by atomic mass is 10.1. The minimum absolute atomic E-state index is 0.0443. The number of ether oxygens (including phenoxy) is 1. The second-order valence-corrected chi connectivity index (χ2v) is 4.30. The summed E-state index contributed by atoms with van der Waals surface area (Å²) >= 11 is 0. The van der Waals surface area contributed by atoms with Crippen molar-refractivity contribution in [2.45, 2.75) is 26.5 Å². The number of aliphatic hydroxyl groups excluding tert-OH is 1. The van der Waals surface area contributed by atoms with Crippen molar-refractivity contribution in [2.24, 2.45) is 0 Å². The molecule has 2 N–H and O–H groups in total. The van der Waals surface area contributed by atoms with Crippen molar-refractivity contribution in [3.8, 4) is 11.8 Å². The zero-order valence-electron chi connectivity index (χ0n) is 11.3. The van der Waals surface area contributed by atoms with E-state index in [1.165, 1.54) is 0 Å². The second-order valence-electron chi connectivity index (χ2n) is 4.30. The van der Waals surface area contributed by atoms with Crippen molar-refractivity contribution in [2.75, 3.05) is 13.2 Å². The molecule has 0 saturated carbocycles. The summed E-state index contributed by atoms with van der Waals surface area (Å²) in [4.78, 5) is 11.5. The maximum absolute atomic E-state index is 11.5.